The summed E-state index contributed by atoms with van der Waals surface area (Å²) >= 11 is 6.25. The van der Waals surface area contributed by atoms with Crippen molar-refractivity contribution in [3.63, 3.8) is 0 Å². The molecule has 4 N–H and O–H groups in total. The van der Waals surface area contributed by atoms with Crippen molar-refractivity contribution in [2.75, 3.05) is 25.5 Å². The molecule has 0 saturated carbocycles. The van der Waals surface area contributed by atoms with E-state index in [9.17, 15) is 9.90 Å². The van der Waals surface area contributed by atoms with E-state index < -0.39 is 0 Å². The normalized spacial score (nSPS) is 15.9. The molecule has 7 nitrogen and oxygen atoms in total. The van der Waals surface area contributed by atoms with Crippen molar-refractivity contribution in [3.05, 3.63) is 83.3 Å². The highest BCUT2D eigenvalue weighted by atomic mass is 35.5. The molecule has 0 radical (unpaired) electrons. The number of Topliss-reactive ketones (excluding diaryl/α,β-unsaturated/α-hetero) is 1. The maximum atomic E-state index is 12.9. The number of hydrogen-bond donors (Lipinski definition) is 3. The van der Waals surface area contributed by atoms with Gasteiger partial charge in [0.15, 0.2) is 17.3 Å². The average molecular weight is 533 g/mol. The van der Waals surface area contributed by atoms with E-state index in [2.05, 4.69) is 21.8 Å². The molecule has 1 aliphatic heterocycles. The predicted octanol–water partition coefficient (Wildman–Crippen LogP) is 6.28. The predicted molar refractivity (Wildman–Crippen MR) is 155 cm³/mol. The number of phenols is 1. The minimum absolute atomic E-state index is 0.0171. The zero-order valence-corrected chi connectivity index (χ0v) is 22.7. The summed E-state index contributed by atoms with van der Waals surface area (Å²) < 4.78 is 5.28. The summed E-state index contributed by atoms with van der Waals surface area (Å²) in [6.45, 7) is 9.64. The van der Waals surface area contributed by atoms with E-state index in [4.69, 9.17) is 22.1 Å². The second-order valence-corrected chi connectivity index (χ2v) is 9.66. The Morgan fingerprint density at radius 1 is 1.32 bits per heavy atom. The van der Waals surface area contributed by atoms with Crippen LogP contribution in [0.2, 0.25) is 5.02 Å². The van der Waals surface area contributed by atoms with Crippen molar-refractivity contribution in [2.45, 2.75) is 32.7 Å². The highest BCUT2D eigenvalue weighted by Gasteiger charge is 2.19. The molecule has 2 heterocycles. The van der Waals surface area contributed by atoms with Crippen LogP contribution in [-0.2, 0) is 0 Å². The van der Waals surface area contributed by atoms with Gasteiger partial charge in [-0.25, -0.2) is 0 Å². The lowest BCUT2D eigenvalue weighted by atomic mass is 9.99. The van der Waals surface area contributed by atoms with E-state index in [-0.39, 0.29) is 28.3 Å². The monoisotopic (exact) mass is 532 g/mol. The van der Waals surface area contributed by atoms with E-state index in [1.807, 2.05) is 50.3 Å². The number of benzene rings is 2. The van der Waals surface area contributed by atoms with Crippen LogP contribution in [0.4, 0.5) is 5.69 Å². The van der Waals surface area contributed by atoms with E-state index in [1.165, 1.54) is 7.11 Å². The van der Waals surface area contributed by atoms with Gasteiger partial charge in [-0.2, -0.15) is 0 Å². The second kappa shape index (κ2) is 11.7. The van der Waals surface area contributed by atoms with Crippen molar-refractivity contribution in [1.82, 2.24) is 9.88 Å². The molecule has 38 heavy (non-hydrogen) atoms. The van der Waals surface area contributed by atoms with Crippen LogP contribution in [0.5, 0.6) is 11.5 Å². The first-order chi connectivity index (χ1) is 18.2. The molecule has 8 heteroatoms. The number of halogens is 1. The molecule has 1 fully saturated rings. The first-order valence-electron chi connectivity index (χ1n) is 12.6. The van der Waals surface area contributed by atoms with Crippen molar-refractivity contribution < 1.29 is 14.6 Å². The van der Waals surface area contributed by atoms with Crippen LogP contribution in [0.1, 0.15) is 37.0 Å². The summed E-state index contributed by atoms with van der Waals surface area (Å²) in [6.07, 6.45) is 8.78. The quantitative estimate of drug-likeness (QED) is 0.220. The molecule has 0 bridgehead atoms. The molecule has 0 amide bonds. The molecule has 1 aromatic heterocycles. The number of nitrogens with one attached hydrogen (secondary N) is 1. The van der Waals surface area contributed by atoms with Crippen molar-refractivity contribution in [1.29, 1.82) is 0 Å². The lowest BCUT2D eigenvalue weighted by Gasteiger charge is -2.19. The summed E-state index contributed by atoms with van der Waals surface area (Å²) in [5.41, 5.74) is 11.3. The third-order valence-corrected chi connectivity index (χ3v) is 7.03. The second-order valence-electron chi connectivity index (χ2n) is 9.25. The van der Waals surface area contributed by atoms with Crippen LogP contribution in [0, 0.1) is 0 Å². The Hall–Kier alpha value is -3.81. The van der Waals surface area contributed by atoms with Crippen LogP contribution < -0.4 is 15.8 Å². The van der Waals surface area contributed by atoms with Gasteiger partial charge in [0, 0.05) is 48.5 Å². The Kier molecular flexibility index (Phi) is 8.39. The van der Waals surface area contributed by atoms with Gasteiger partial charge in [0.2, 0.25) is 0 Å². The zero-order chi connectivity index (χ0) is 27.4. The fraction of sp³-hybridized carbons (Fsp3) is 0.267. The maximum absolute atomic E-state index is 12.9. The van der Waals surface area contributed by atoms with Crippen LogP contribution >= 0.6 is 11.6 Å². The lowest BCUT2D eigenvalue weighted by molar-refractivity contribution is 0.0988. The molecule has 0 aliphatic carbocycles. The summed E-state index contributed by atoms with van der Waals surface area (Å²) in [5.74, 6) is 0.150. The Balaban J connectivity index is 1.76. The first kappa shape index (κ1) is 27.2. The van der Waals surface area contributed by atoms with Gasteiger partial charge in [-0.15, -0.1) is 0 Å². The smallest absolute Gasteiger partial charge is 0.176 e. The minimum atomic E-state index is -0.111. The molecule has 3 aromatic rings. The number of aromatic nitrogens is 1. The number of methoxy groups -OCH3 is 1. The molecule has 1 atom stereocenters. The fourth-order valence-corrected chi connectivity index (χ4v) is 4.71. The highest BCUT2D eigenvalue weighted by molar-refractivity contribution is 6.32. The number of anilines is 1. The SMILES string of the molecule is C=C(/C=C\C(=C/C)Nc1c(C(=O)CC)cnc2ccc(-c3cc(Cl)c(O)c(OC)c3)cc12)N1CCC(N)C1. The third kappa shape index (κ3) is 5.69. The molecule has 198 valence electrons. The van der Waals surface area contributed by atoms with Gasteiger partial charge in [0.1, 0.15) is 0 Å². The maximum Gasteiger partial charge on any atom is 0.176 e. The summed E-state index contributed by atoms with van der Waals surface area (Å²) in [6, 6.07) is 9.35. The largest absolute Gasteiger partial charge is 0.503 e. The molecular formula is C30H33ClN4O3. The number of pyridine rings is 1. The third-order valence-electron chi connectivity index (χ3n) is 6.74. The number of allylic oxidation sites excluding steroid dienone is 3. The number of phenolic OH excluding ortho intramolecular Hbond substituents is 1. The molecule has 1 unspecified atom stereocenters. The Labute approximate surface area is 228 Å². The van der Waals surface area contributed by atoms with Gasteiger partial charge in [-0.3, -0.25) is 9.78 Å². The molecular weight excluding hydrogens is 500 g/mol. The van der Waals surface area contributed by atoms with Crippen molar-refractivity contribution in [2.24, 2.45) is 5.73 Å². The van der Waals surface area contributed by atoms with Gasteiger partial charge in [-0.1, -0.05) is 37.2 Å². The number of fused-ring (bicyclic) bond motifs is 1. The number of carbonyl (C=O) groups excluding carboxylic acids is 1. The number of hydrogen-bond acceptors (Lipinski definition) is 7. The van der Waals surface area contributed by atoms with Gasteiger partial charge in [-0.05, 0) is 60.9 Å². The first-order valence-corrected chi connectivity index (χ1v) is 13.0. The van der Waals surface area contributed by atoms with E-state index >= 15 is 0 Å². The molecule has 1 aliphatic rings. The Morgan fingerprint density at radius 2 is 2.11 bits per heavy atom. The molecule has 0 spiro atoms. The number of nitrogens with zero attached hydrogens (tertiary/aromatic N) is 2. The van der Waals surface area contributed by atoms with Gasteiger partial charge in [0.05, 0.1) is 28.9 Å². The molecule has 4 rings (SSSR count). The van der Waals surface area contributed by atoms with Gasteiger partial charge in [0.25, 0.3) is 0 Å². The van der Waals surface area contributed by atoms with Gasteiger partial charge < -0.3 is 25.8 Å². The molecule has 1 saturated heterocycles. The van der Waals surface area contributed by atoms with Crippen LogP contribution in [0.25, 0.3) is 22.0 Å². The average Bonchev–Trinajstić information content (AvgIpc) is 3.37. The topological polar surface area (TPSA) is 101 Å². The Morgan fingerprint density at radius 3 is 2.76 bits per heavy atom. The summed E-state index contributed by atoms with van der Waals surface area (Å²) in [7, 11) is 1.48. The number of rotatable bonds is 9. The van der Waals surface area contributed by atoms with E-state index in [1.54, 1.807) is 18.3 Å². The van der Waals surface area contributed by atoms with Crippen LogP contribution in [0.15, 0.2) is 72.7 Å². The van der Waals surface area contributed by atoms with E-state index in [0.717, 1.165) is 52.9 Å². The number of carbonyl (C=O) groups is 1. The highest BCUT2D eigenvalue weighted by Crippen LogP contribution is 2.40. The van der Waals surface area contributed by atoms with E-state index in [0.29, 0.717) is 17.7 Å². The fourth-order valence-electron chi connectivity index (χ4n) is 4.50. The van der Waals surface area contributed by atoms with Crippen molar-refractivity contribution in [3.8, 4) is 22.6 Å². The molecule has 2 aromatic carbocycles. The zero-order valence-electron chi connectivity index (χ0n) is 21.9. The van der Waals surface area contributed by atoms with Crippen LogP contribution in [0.3, 0.4) is 0 Å². The number of nitrogens with two attached hydrogens (primary N) is 1. The summed E-state index contributed by atoms with van der Waals surface area (Å²) in [4.78, 5) is 19.7. The van der Waals surface area contributed by atoms with Crippen molar-refractivity contribution >= 4 is 34.0 Å². The summed E-state index contributed by atoms with van der Waals surface area (Å²) in [5, 5.41) is 14.6. The Bertz CT molecular complexity index is 1450. The number of aromatic hydroxyl groups is 1. The van der Waals surface area contributed by atoms with Crippen LogP contribution in [-0.4, -0.2) is 47.0 Å². The standard InChI is InChI=1S/C30H33ClN4O3/c1-5-22(9-7-18(3)35-12-11-21(32)17-35)34-29-23-13-19(20-14-25(31)30(37)28(15-20)38-4)8-10-26(23)33-16-24(29)27(36)6-2/h5,7-10,13-16,21,37H,3,6,11-12,17,32H2,1-2,4H3,(H,33,34)/b9-7-,22-5+. The lowest BCUT2D eigenvalue weighted by Crippen LogP contribution is -2.25. The van der Waals surface area contributed by atoms with Gasteiger partial charge >= 0.3 is 0 Å². The number of likely N-dealkylation sites (tertiary alicyclic amines) is 1. The number of ketones is 1. The minimum Gasteiger partial charge on any atom is -0.503 e. The number of ether oxygens (including phenoxy) is 1.